The summed E-state index contributed by atoms with van der Waals surface area (Å²) < 4.78 is 5.28. The molecule has 0 aliphatic carbocycles. The van der Waals surface area contributed by atoms with E-state index in [1.54, 1.807) is 7.11 Å². The molecule has 1 aromatic carbocycles. The van der Waals surface area contributed by atoms with E-state index in [1.807, 2.05) is 34.1 Å². The van der Waals surface area contributed by atoms with Crippen LogP contribution < -0.4 is 10.5 Å². The van der Waals surface area contributed by atoms with E-state index in [1.165, 1.54) is 0 Å². The predicted molar refractivity (Wildman–Crippen MR) is 90.4 cm³/mol. The van der Waals surface area contributed by atoms with E-state index in [0.29, 0.717) is 6.54 Å². The number of ether oxygens (including phenoxy) is 1. The molecule has 2 heterocycles. The zero-order chi connectivity index (χ0) is 17.1. The lowest BCUT2D eigenvalue weighted by Crippen LogP contribution is -2.52. The molecule has 0 saturated carbocycles. The van der Waals surface area contributed by atoms with E-state index in [-0.39, 0.29) is 30.3 Å². The Morgan fingerprint density at radius 1 is 1.29 bits per heavy atom. The maximum atomic E-state index is 12.9. The normalized spacial score (nSPS) is 24.3. The summed E-state index contributed by atoms with van der Waals surface area (Å²) >= 11 is 0. The number of nitrogens with two attached hydrogens (primary N) is 1. The summed E-state index contributed by atoms with van der Waals surface area (Å²) in [6, 6.07) is 8.07. The Morgan fingerprint density at radius 2 is 2.12 bits per heavy atom. The van der Waals surface area contributed by atoms with Crippen molar-refractivity contribution < 1.29 is 14.3 Å². The molecule has 6 nitrogen and oxygen atoms in total. The van der Waals surface area contributed by atoms with Gasteiger partial charge in [-0.1, -0.05) is 12.1 Å². The standard InChI is InChI=1S/C18H25N3O3/c1-24-15-6-2-4-13(10-15)16-7-9-21(16)18(23)14-5-3-8-20(11-14)12-17(19)22/h2,4,6,10,14,16H,3,5,7-9,11-12H2,1H3,(H2,19,22). The van der Waals surface area contributed by atoms with Crippen LogP contribution in [0.25, 0.3) is 0 Å². The van der Waals surface area contributed by atoms with E-state index in [4.69, 9.17) is 10.5 Å². The summed E-state index contributed by atoms with van der Waals surface area (Å²) in [6.07, 6.45) is 2.80. The van der Waals surface area contributed by atoms with Gasteiger partial charge in [0, 0.05) is 13.1 Å². The van der Waals surface area contributed by atoms with Gasteiger partial charge in [-0.05, 0) is 43.5 Å². The van der Waals surface area contributed by atoms with Crippen LogP contribution >= 0.6 is 0 Å². The Labute approximate surface area is 142 Å². The number of hydrogen-bond acceptors (Lipinski definition) is 4. The molecule has 1 aromatic rings. The summed E-state index contributed by atoms with van der Waals surface area (Å²) in [6.45, 7) is 2.51. The Kier molecular flexibility index (Phi) is 5.04. The van der Waals surface area contributed by atoms with Gasteiger partial charge in [0.1, 0.15) is 5.75 Å². The molecule has 2 atom stereocenters. The summed E-state index contributed by atoms with van der Waals surface area (Å²) in [5, 5.41) is 0. The molecule has 0 bridgehead atoms. The van der Waals surface area contributed by atoms with Gasteiger partial charge in [-0.15, -0.1) is 0 Å². The van der Waals surface area contributed by atoms with Gasteiger partial charge in [-0.3, -0.25) is 14.5 Å². The highest BCUT2D eigenvalue weighted by Crippen LogP contribution is 2.36. The number of amides is 2. The number of carbonyl (C=O) groups is 2. The molecule has 24 heavy (non-hydrogen) atoms. The Balaban J connectivity index is 1.65. The third-order valence-electron chi connectivity index (χ3n) is 5.02. The van der Waals surface area contributed by atoms with Crippen molar-refractivity contribution in [2.75, 3.05) is 33.3 Å². The second-order valence-corrected chi connectivity index (χ2v) is 6.65. The lowest BCUT2D eigenvalue weighted by atomic mass is 9.89. The van der Waals surface area contributed by atoms with Crippen LogP contribution in [0.5, 0.6) is 5.75 Å². The second kappa shape index (κ2) is 7.21. The summed E-state index contributed by atoms with van der Waals surface area (Å²) in [5.74, 6) is 0.646. The zero-order valence-corrected chi connectivity index (χ0v) is 14.1. The van der Waals surface area contributed by atoms with Crippen molar-refractivity contribution in [1.82, 2.24) is 9.80 Å². The van der Waals surface area contributed by atoms with Crippen LogP contribution in [-0.2, 0) is 9.59 Å². The van der Waals surface area contributed by atoms with Crippen LogP contribution in [0.1, 0.15) is 30.9 Å². The molecule has 2 saturated heterocycles. The fourth-order valence-electron chi connectivity index (χ4n) is 3.70. The molecular formula is C18H25N3O3. The number of nitrogens with zero attached hydrogens (tertiary/aromatic N) is 2. The minimum atomic E-state index is -0.332. The van der Waals surface area contributed by atoms with E-state index >= 15 is 0 Å². The predicted octanol–water partition coefficient (Wildman–Crippen LogP) is 1.17. The van der Waals surface area contributed by atoms with Crippen LogP contribution in [0.15, 0.2) is 24.3 Å². The van der Waals surface area contributed by atoms with Gasteiger partial charge in [-0.25, -0.2) is 0 Å². The molecule has 130 valence electrons. The van der Waals surface area contributed by atoms with Gasteiger partial charge in [0.15, 0.2) is 0 Å². The van der Waals surface area contributed by atoms with E-state index in [2.05, 4.69) is 0 Å². The van der Waals surface area contributed by atoms with Crippen LogP contribution in [0.3, 0.4) is 0 Å². The highest BCUT2D eigenvalue weighted by atomic mass is 16.5. The summed E-state index contributed by atoms with van der Waals surface area (Å²) in [4.78, 5) is 28.0. The van der Waals surface area contributed by atoms with Crippen molar-refractivity contribution in [3.63, 3.8) is 0 Å². The number of methoxy groups -OCH3 is 1. The van der Waals surface area contributed by atoms with Gasteiger partial charge in [-0.2, -0.15) is 0 Å². The first-order valence-corrected chi connectivity index (χ1v) is 8.53. The van der Waals surface area contributed by atoms with E-state index in [9.17, 15) is 9.59 Å². The quantitative estimate of drug-likeness (QED) is 0.879. The zero-order valence-electron chi connectivity index (χ0n) is 14.1. The Bertz CT molecular complexity index is 619. The SMILES string of the molecule is COc1cccc(C2CCN2C(=O)C2CCCN(CC(N)=O)C2)c1. The van der Waals surface area contributed by atoms with Crippen molar-refractivity contribution in [3.8, 4) is 5.75 Å². The van der Waals surface area contributed by atoms with E-state index in [0.717, 1.165) is 43.7 Å². The van der Waals surface area contributed by atoms with Gasteiger partial charge in [0.25, 0.3) is 0 Å². The Morgan fingerprint density at radius 3 is 2.79 bits per heavy atom. The van der Waals surface area contributed by atoms with Crippen LogP contribution in [0.2, 0.25) is 0 Å². The number of likely N-dealkylation sites (tertiary alicyclic amines) is 2. The molecule has 0 radical (unpaired) electrons. The molecule has 2 aliphatic rings. The lowest BCUT2D eigenvalue weighted by Gasteiger charge is -2.44. The molecule has 6 heteroatoms. The largest absolute Gasteiger partial charge is 0.497 e. The smallest absolute Gasteiger partial charge is 0.231 e. The molecule has 0 aromatic heterocycles. The number of hydrogen-bond donors (Lipinski definition) is 1. The van der Waals surface area contributed by atoms with Crippen molar-refractivity contribution in [2.45, 2.75) is 25.3 Å². The minimum absolute atomic E-state index is 0.0356. The minimum Gasteiger partial charge on any atom is -0.497 e. The Hall–Kier alpha value is -2.08. The van der Waals surface area contributed by atoms with Gasteiger partial charge in [0.2, 0.25) is 11.8 Å². The first-order chi connectivity index (χ1) is 11.6. The van der Waals surface area contributed by atoms with Crippen molar-refractivity contribution in [3.05, 3.63) is 29.8 Å². The number of piperidine rings is 1. The summed E-state index contributed by atoms with van der Waals surface area (Å²) in [5.41, 5.74) is 6.40. The molecule has 3 rings (SSSR count). The highest BCUT2D eigenvalue weighted by molar-refractivity contribution is 5.81. The third-order valence-corrected chi connectivity index (χ3v) is 5.02. The third kappa shape index (κ3) is 3.53. The first-order valence-electron chi connectivity index (χ1n) is 8.53. The highest BCUT2D eigenvalue weighted by Gasteiger charge is 2.38. The summed E-state index contributed by atoms with van der Waals surface area (Å²) in [7, 11) is 1.65. The molecule has 2 fully saturated rings. The molecular weight excluding hydrogens is 306 g/mol. The molecule has 2 N–H and O–H groups in total. The first kappa shape index (κ1) is 16.8. The van der Waals surface area contributed by atoms with Crippen LogP contribution in [0.4, 0.5) is 0 Å². The topological polar surface area (TPSA) is 75.9 Å². The number of primary amides is 1. The van der Waals surface area contributed by atoms with E-state index < -0.39 is 0 Å². The average molecular weight is 331 g/mol. The van der Waals surface area contributed by atoms with Crippen LogP contribution in [0, 0.1) is 5.92 Å². The van der Waals surface area contributed by atoms with Gasteiger partial charge >= 0.3 is 0 Å². The molecule has 2 aliphatic heterocycles. The second-order valence-electron chi connectivity index (χ2n) is 6.65. The monoisotopic (exact) mass is 331 g/mol. The average Bonchev–Trinajstić information content (AvgIpc) is 2.53. The van der Waals surface area contributed by atoms with Crippen molar-refractivity contribution in [1.29, 1.82) is 0 Å². The number of rotatable bonds is 5. The number of carbonyl (C=O) groups excluding carboxylic acids is 2. The van der Waals surface area contributed by atoms with Crippen molar-refractivity contribution in [2.24, 2.45) is 11.7 Å². The lowest BCUT2D eigenvalue weighted by molar-refractivity contribution is -0.146. The fourth-order valence-corrected chi connectivity index (χ4v) is 3.70. The van der Waals surface area contributed by atoms with Gasteiger partial charge < -0.3 is 15.4 Å². The fraction of sp³-hybridized carbons (Fsp3) is 0.556. The molecule has 2 unspecified atom stereocenters. The number of benzene rings is 1. The maximum Gasteiger partial charge on any atom is 0.231 e. The van der Waals surface area contributed by atoms with Crippen molar-refractivity contribution >= 4 is 11.8 Å². The molecule has 2 amide bonds. The maximum absolute atomic E-state index is 12.9. The molecule has 0 spiro atoms. The van der Waals surface area contributed by atoms with Crippen LogP contribution in [-0.4, -0.2) is 54.9 Å². The van der Waals surface area contributed by atoms with Gasteiger partial charge in [0.05, 0.1) is 25.6 Å².